The SMILES string of the molecule is Cc1cc(C)c(S(=O)(=O)n2cc(-c3cc(NC(C)C)ncc3Cl)cc2C(=O)O)c(C)c1. The molecule has 31 heavy (non-hydrogen) atoms. The molecule has 0 saturated carbocycles. The van der Waals surface area contributed by atoms with Crippen LogP contribution in [-0.4, -0.2) is 34.5 Å². The second-order valence-corrected chi connectivity index (χ2v) is 9.96. The van der Waals surface area contributed by atoms with Crippen molar-refractivity contribution in [2.45, 2.75) is 45.6 Å². The molecule has 0 unspecified atom stereocenters. The van der Waals surface area contributed by atoms with Crippen LogP contribution in [0, 0.1) is 20.8 Å². The number of aromatic carboxylic acids is 1. The van der Waals surface area contributed by atoms with Gasteiger partial charge in [0.05, 0.1) is 9.92 Å². The summed E-state index contributed by atoms with van der Waals surface area (Å²) in [6, 6.07) is 6.61. The van der Waals surface area contributed by atoms with E-state index in [-0.39, 0.29) is 21.7 Å². The third-order valence-electron chi connectivity index (χ3n) is 4.73. The first-order chi connectivity index (χ1) is 14.4. The lowest BCUT2D eigenvalue weighted by atomic mass is 10.1. The first kappa shape index (κ1) is 22.8. The van der Waals surface area contributed by atoms with Crippen molar-refractivity contribution in [3.05, 3.63) is 64.1 Å². The molecule has 3 aromatic rings. The quantitative estimate of drug-likeness (QED) is 0.542. The van der Waals surface area contributed by atoms with Crippen LogP contribution < -0.4 is 5.32 Å². The van der Waals surface area contributed by atoms with Gasteiger partial charge in [0, 0.05) is 29.6 Å². The van der Waals surface area contributed by atoms with Gasteiger partial charge in [-0.05, 0) is 57.9 Å². The van der Waals surface area contributed by atoms with Crippen molar-refractivity contribution >= 4 is 33.4 Å². The molecule has 0 saturated heterocycles. The highest BCUT2D eigenvalue weighted by molar-refractivity contribution is 7.90. The molecule has 0 aliphatic carbocycles. The molecule has 2 heterocycles. The number of aromatic nitrogens is 2. The predicted molar refractivity (Wildman–Crippen MR) is 122 cm³/mol. The van der Waals surface area contributed by atoms with Crippen molar-refractivity contribution in [1.82, 2.24) is 8.96 Å². The normalized spacial score (nSPS) is 11.7. The molecule has 0 bridgehead atoms. The van der Waals surface area contributed by atoms with E-state index in [2.05, 4.69) is 10.3 Å². The number of hydrogen-bond donors (Lipinski definition) is 2. The fourth-order valence-corrected chi connectivity index (χ4v) is 5.64. The average molecular weight is 462 g/mol. The number of rotatable bonds is 6. The molecule has 1 aromatic carbocycles. The van der Waals surface area contributed by atoms with Gasteiger partial charge >= 0.3 is 5.97 Å². The largest absolute Gasteiger partial charge is 0.477 e. The summed E-state index contributed by atoms with van der Waals surface area (Å²) in [5.74, 6) is -0.810. The zero-order chi connectivity index (χ0) is 23.1. The molecule has 0 fully saturated rings. The average Bonchev–Trinajstić information content (AvgIpc) is 3.08. The standard InChI is InChI=1S/C22H24ClN3O4S/c1-12(2)25-20-9-17(18(23)10-24-20)16-8-19(22(27)28)26(11-16)31(29,30)21-14(4)6-13(3)7-15(21)5/h6-12H,1-5H3,(H,24,25)(H,27,28). The van der Waals surface area contributed by atoms with Crippen molar-refractivity contribution < 1.29 is 18.3 Å². The van der Waals surface area contributed by atoms with Crippen molar-refractivity contribution in [2.75, 3.05) is 5.32 Å². The Morgan fingerprint density at radius 1 is 1.13 bits per heavy atom. The summed E-state index contributed by atoms with van der Waals surface area (Å²) in [6.07, 6.45) is 2.74. The first-order valence-electron chi connectivity index (χ1n) is 9.63. The second kappa shape index (κ2) is 8.36. The maximum atomic E-state index is 13.5. The third-order valence-corrected chi connectivity index (χ3v) is 7.01. The number of carbonyl (C=O) groups is 1. The Morgan fingerprint density at radius 3 is 2.29 bits per heavy atom. The first-order valence-corrected chi connectivity index (χ1v) is 11.4. The summed E-state index contributed by atoms with van der Waals surface area (Å²) in [4.78, 5) is 16.2. The van der Waals surface area contributed by atoms with Crippen molar-refractivity contribution in [3.63, 3.8) is 0 Å². The van der Waals surface area contributed by atoms with Gasteiger partial charge in [0.1, 0.15) is 11.5 Å². The number of anilines is 1. The zero-order valence-electron chi connectivity index (χ0n) is 17.9. The fraction of sp³-hybridized carbons (Fsp3) is 0.273. The predicted octanol–water partition coefficient (Wildman–Crippen LogP) is 4.88. The van der Waals surface area contributed by atoms with E-state index in [1.54, 1.807) is 32.0 Å². The minimum absolute atomic E-state index is 0.0886. The molecule has 2 aromatic heterocycles. The van der Waals surface area contributed by atoms with Crippen LogP contribution >= 0.6 is 11.6 Å². The van der Waals surface area contributed by atoms with Crippen LogP contribution in [0.4, 0.5) is 5.82 Å². The summed E-state index contributed by atoms with van der Waals surface area (Å²) >= 11 is 6.31. The van der Waals surface area contributed by atoms with E-state index in [9.17, 15) is 18.3 Å². The van der Waals surface area contributed by atoms with E-state index >= 15 is 0 Å². The molecule has 0 atom stereocenters. The highest BCUT2D eigenvalue weighted by Gasteiger charge is 2.28. The number of carboxylic acids is 1. The van der Waals surface area contributed by atoms with Gasteiger partial charge < -0.3 is 10.4 Å². The van der Waals surface area contributed by atoms with Crippen LogP contribution in [0.25, 0.3) is 11.1 Å². The van der Waals surface area contributed by atoms with Crippen LogP contribution in [0.1, 0.15) is 41.0 Å². The van der Waals surface area contributed by atoms with Gasteiger partial charge in [0.2, 0.25) is 0 Å². The van der Waals surface area contributed by atoms with Crippen molar-refractivity contribution in [1.29, 1.82) is 0 Å². The number of hydrogen-bond acceptors (Lipinski definition) is 5. The topological polar surface area (TPSA) is 101 Å². The number of nitrogens with zero attached hydrogens (tertiary/aromatic N) is 2. The molecular formula is C22H24ClN3O4S. The van der Waals surface area contributed by atoms with Gasteiger partial charge in [-0.1, -0.05) is 29.3 Å². The smallest absolute Gasteiger partial charge is 0.353 e. The Hall–Kier alpha value is -2.84. The van der Waals surface area contributed by atoms with Crippen LogP contribution in [0.2, 0.25) is 5.02 Å². The van der Waals surface area contributed by atoms with Gasteiger partial charge in [-0.25, -0.2) is 22.2 Å². The van der Waals surface area contributed by atoms with E-state index < -0.39 is 16.0 Å². The van der Waals surface area contributed by atoms with Crippen molar-refractivity contribution in [2.24, 2.45) is 0 Å². The Morgan fingerprint density at radius 2 is 1.74 bits per heavy atom. The molecule has 7 nitrogen and oxygen atoms in total. The third kappa shape index (κ3) is 4.45. The molecule has 164 valence electrons. The summed E-state index contributed by atoms with van der Waals surface area (Å²) in [6.45, 7) is 9.17. The maximum absolute atomic E-state index is 13.5. The Balaban J connectivity index is 2.23. The zero-order valence-corrected chi connectivity index (χ0v) is 19.5. The number of aryl methyl sites for hydroxylation is 3. The van der Waals surface area contributed by atoms with Crippen LogP contribution in [0.3, 0.4) is 0 Å². The lowest BCUT2D eigenvalue weighted by Crippen LogP contribution is -2.19. The molecule has 0 amide bonds. The highest BCUT2D eigenvalue weighted by atomic mass is 35.5. The minimum Gasteiger partial charge on any atom is -0.477 e. The number of benzene rings is 1. The molecule has 0 spiro atoms. The second-order valence-electron chi connectivity index (χ2n) is 7.80. The van der Waals surface area contributed by atoms with Crippen LogP contribution in [0.5, 0.6) is 0 Å². The molecule has 9 heteroatoms. The fourth-order valence-electron chi connectivity index (χ4n) is 3.65. The maximum Gasteiger partial charge on any atom is 0.353 e. The monoisotopic (exact) mass is 461 g/mol. The van der Waals surface area contributed by atoms with Gasteiger partial charge in [-0.3, -0.25) is 0 Å². The molecule has 0 radical (unpaired) electrons. The van der Waals surface area contributed by atoms with E-state index in [4.69, 9.17) is 11.6 Å². The minimum atomic E-state index is -4.16. The van der Waals surface area contributed by atoms with E-state index in [1.165, 1.54) is 18.5 Å². The number of pyridine rings is 1. The van der Waals surface area contributed by atoms with Gasteiger partial charge in [0.25, 0.3) is 10.0 Å². The Labute approximate surface area is 186 Å². The van der Waals surface area contributed by atoms with E-state index in [1.807, 2.05) is 20.8 Å². The molecule has 3 rings (SSSR count). The van der Waals surface area contributed by atoms with Gasteiger partial charge in [-0.15, -0.1) is 0 Å². The van der Waals surface area contributed by atoms with Crippen molar-refractivity contribution in [3.8, 4) is 11.1 Å². The summed E-state index contributed by atoms with van der Waals surface area (Å²) in [5, 5.41) is 13.2. The lowest BCUT2D eigenvalue weighted by Gasteiger charge is -2.14. The van der Waals surface area contributed by atoms with E-state index in [0.717, 1.165) is 9.54 Å². The molecule has 2 N–H and O–H groups in total. The highest BCUT2D eigenvalue weighted by Crippen LogP contribution is 2.33. The Kier molecular flexibility index (Phi) is 6.16. The summed E-state index contributed by atoms with van der Waals surface area (Å²) in [7, 11) is -4.16. The summed E-state index contributed by atoms with van der Waals surface area (Å²) < 4.78 is 27.8. The lowest BCUT2D eigenvalue weighted by molar-refractivity contribution is 0.0689. The molecular weight excluding hydrogens is 438 g/mol. The van der Waals surface area contributed by atoms with Gasteiger partial charge in [-0.2, -0.15) is 0 Å². The summed E-state index contributed by atoms with van der Waals surface area (Å²) in [5.41, 5.74) is 2.50. The molecule has 0 aliphatic rings. The molecule has 0 aliphatic heterocycles. The number of carboxylic acid groups (broad SMARTS) is 1. The van der Waals surface area contributed by atoms with Crippen LogP contribution in [-0.2, 0) is 10.0 Å². The van der Waals surface area contributed by atoms with E-state index in [0.29, 0.717) is 28.1 Å². The van der Waals surface area contributed by atoms with Crippen LogP contribution in [0.15, 0.2) is 41.6 Å². The number of nitrogens with one attached hydrogen (secondary N) is 1. The Bertz CT molecular complexity index is 1260. The van der Waals surface area contributed by atoms with Gasteiger partial charge in [0.15, 0.2) is 0 Å². The number of halogens is 1.